The van der Waals surface area contributed by atoms with E-state index >= 15 is 0 Å². The smallest absolute Gasteiger partial charge is 0.323 e. The van der Waals surface area contributed by atoms with Gasteiger partial charge in [0, 0.05) is 23.5 Å². The molecule has 1 heterocycles. The highest BCUT2D eigenvalue weighted by Gasteiger charge is 2.27. The third kappa shape index (κ3) is 4.80. The first-order valence-corrected chi connectivity index (χ1v) is 8.83. The second-order valence-electron chi connectivity index (χ2n) is 6.45. The molecule has 6 heteroatoms. The Kier molecular flexibility index (Phi) is 5.66. The molecule has 27 heavy (non-hydrogen) atoms. The van der Waals surface area contributed by atoms with Crippen molar-refractivity contribution in [3.8, 4) is 11.5 Å². The molecule has 2 N–H and O–H groups in total. The van der Waals surface area contributed by atoms with Crippen LogP contribution in [0, 0.1) is 0 Å². The van der Waals surface area contributed by atoms with Crippen LogP contribution in [0.15, 0.2) is 48.5 Å². The Morgan fingerprint density at radius 3 is 2.52 bits per heavy atom. The number of fused-ring (bicyclic) bond motifs is 1. The second-order valence-corrected chi connectivity index (χ2v) is 6.45. The van der Waals surface area contributed by atoms with Crippen molar-refractivity contribution in [2.45, 2.75) is 19.4 Å². The Labute approximate surface area is 159 Å². The van der Waals surface area contributed by atoms with Gasteiger partial charge >= 0.3 is 6.03 Å². The quantitative estimate of drug-likeness (QED) is 0.785. The predicted octanol–water partition coefficient (Wildman–Crippen LogP) is 4.54. The van der Waals surface area contributed by atoms with Gasteiger partial charge in [0.25, 0.3) is 0 Å². The fourth-order valence-electron chi connectivity index (χ4n) is 2.75. The zero-order valence-corrected chi connectivity index (χ0v) is 15.7. The Morgan fingerprint density at radius 1 is 1.11 bits per heavy atom. The lowest BCUT2D eigenvalue weighted by molar-refractivity contribution is 0.0188. The number of amides is 2. The summed E-state index contributed by atoms with van der Waals surface area (Å²) in [6.45, 7) is 5.07. The molecular weight excluding hydrogens is 344 g/mol. The Morgan fingerprint density at radius 2 is 1.81 bits per heavy atom. The maximum atomic E-state index is 12.2. The van der Waals surface area contributed by atoms with Gasteiger partial charge in [0.2, 0.25) is 0 Å². The standard InChI is InChI=1S/C21H24N2O4/c1-4-26-14-21(2)12-11-15-13-17(7-10-19(15)27-21)23-20(24)22-16-5-8-18(25-3)9-6-16/h5-13H,4,14H2,1-3H3,(H2,22,23,24). The minimum absolute atomic E-state index is 0.318. The summed E-state index contributed by atoms with van der Waals surface area (Å²) in [5.41, 5.74) is 1.79. The molecule has 0 aromatic heterocycles. The molecular formula is C21H24N2O4. The van der Waals surface area contributed by atoms with Crippen LogP contribution in [0.25, 0.3) is 6.08 Å². The summed E-state index contributed by atoms with van der Waals surface area (Å²) in [6, 6.07) is 12.4. The average molecular weight is 368 g/mol. The first-order valence-electron chi connectivity index (χ1n) is 8.83. The molecule has 0 saturated heterocycles. The van der Waals surface area contributed by atoms with Gasteiger partial charge < -0.3 is 24.8 Å². The fourth-order valence-corrected chi connectivity index (χ4v) is 2.75. The van der Waals surface area contributed by atoms with Gasteiger partial charge in [-0.25, -0.2) is 4.79 Å². The number of ether oxygens (including phenoxy) is 3. The highest BCUT2D eigenvalue weighted by Crippen LogP contribution is 2.33. The number of urea groups is 1. The van der Waals surface area contributed by atoms with Crippen LogP contribution in [0.1, 0.15) is 19.4 Å². The molecule has 1 aliphatic rings. The van der Waals surface area contributed by atoms with Crippen molar-refractivity contribution in [3.63, 3.8) is 0 Å². The molecule has 0 saturated carbocycles. The number of carbonyl (C=O) groups excluding carboxylic acids is 1. The molecule has 2 aromatic carbocycles. The van der Waals surface area contributed by atoms with Crippen molar-refractivity contribution in [3.05, 3.63) is 54.1 Å². The normalized spacial score (nSPS) is 17.6. The zero-order chi connectivity index (χ0) is 19.3. The van der Waals surface area contributed by atoms with Crippen LogP contribution in [0.2, 0.25) is 0 Å². The van der Waals surface area contributed by atoms with Crippen LogP contribution in [0.4, 0.5) is 16.2 Å². The van der Waals surface area contributed by atoms with Crippen LogP contribution in [-0.2, 0) is 4.74 Å². The van der Waals surface area contributed by atoms with Gasteiger partial charge in [-0.1, -0.05) is 6.08 Å². The van der Waals surface area contributed by atoms with E-state index in [1.807, 2.05) is 44.2 Å². The first-order chi connectivity index (χ1) is 13.0. The molecule has 1 aliphatic heterocycles. The molecule has 6 nitrogen and oxygen atoms in total. The van der Waals surface area contributed by atoms with Gasteiger partial charge in [0.05, 0.1) is 13.7 Å². The molecule has 0 bridgehead atoms. The molecule has 0 aliphatic carbocycles. The van der Waals surface area contributed by atoms with E-state index in [9.17, 15) is 4.79 Å². The fraction of sp³-hybridized carbons (Fsp3) is 0.286. The highest BCUT2D eigenvalue weighted by molar-refractivity contribution is 6.00. The van der Waals surface area contributed by atoms with Crippen molar-refractivity contribution < 1.29 is 19.0 Å². The summed E-state index contributed by atoms with van der Waals surface area (Å²) in [7, 11) is 1.60. The predicted molar refractivity (Wildman–Crippen MR) is 107 cm³/mol. The maximum Gasteiger partial charge on any atom is 0.323 e. The lowest BCUT2D eigenvalue weighted by Crippen LogP contribution is -2.37. The van der Waals surface area contributed by atoms with Gasteiger partial charge in [-0.05, 0) is 62.4 Å². The summed E-state index contributed by atoms with van der Waals surface area (Å²) in [4.78, 5) is 12.2. The molecule has 0 fully saturated rings. The summed E-state index contributed by atoms with van der Waals surface area (Å²) in [6.07, 6.45) is 3.97. The average Bonchev–Trinajstić information content (AvgIpc) is 2.67. The van der Waals surface area contributed by atoms with Gasteiger partial charge in [-0.2, -0.15) is 0 Å². The van der Waals surface area contributed by atoms with E-state index < -0.39 is 5.60 Å². The van der Waals surface area contributed by atoms with Crippen molar-refractivity contribution in [2.24, 2.45) is 0 Å². The molecule has 2 aromatic rings. The lowest BCUT2D eigenvalue weighted by Gasteiger charge is -2.31. The molecule has 0 spiro atoms. The molecule has 3 rings (SSSR count). The number of nitrogens with one attached hydrogen (secondary N) is 2. The monoisotopic (exact) mass is 368 g/mol. The minimum atomic E-state index is -0.482. The third-order valence-electron chi connectivity index (χ3n) is 4.17. The molecule has 1 unspecified atom stereocenters. The van der Waals surface area contributed by atoms with Crippen LogP contribution in [0.5, 0.6) is 11.5 Å². The van der Waals surface area contributed by atoms with E-state index in [-0.39, 0.29) is 6.03 Å². The highest BCUT2D eigenvalue weighted by atomic mass is 16.5. The summed E-state index contributed by atoms with van der Waals surface area (Å²) < 4.78 is 16.6. The number of hydrogen-bond acceptors (Lipinski definition) is 4. The van der Waals surface area contributed by atoms with E-state index in [1.54, 1.807) is 31.4 Å². The van der Waals surface area contributed by atoms with E-state index in [4.69, 9.17) is 14.2 Å². The Hall–Kier alpha value is -2.99. The number of carbonyl (C=O) groups is 1. The van der Waals surface area contributed by atoms with Crippen LogP contribution in [-0.4, -0.2) is 32.0 Å². The van der Waals surface area contributed by atoms with Gasteiger partial charge in [-0.15, -0.1) is 0 Å². The van der Waals surface area contributed by atoms with Gasteiger partial charge in [0.15, 0.2) is 0 Å². The number of hydrogen-bond donors (Lipinski definition) is 2. The van der Waals surface area contributed by atoms with Crippen LogP contribution in [0.3, 0.4) is 0 Å². The van der Waals surface area contributed by atoms with Crippen molar-refractivity contribution in [1.29, 1.82) is 0 Å². The van der Waals surface area contributed by atoms with E-state index in [2.05, 4.69) is 10.6 Å². The molecule has 142 valence electrons. The Bertz CT molecular complexity index is 833. The summed E-state index contributed by atoms with van der Waals surface area (Å²) in [5.74, 6) is 1.50. The second kappa shape index (κ2) is 8.14. The van der Waals surface area contributed by atoms with Crippen molar-refractivity contribution in [2.75, 3.05) is 31.0 Å². The number of methoxy groups -OCH3 is 1. The molecule has 1 atom stereocenters. The van der Waals surface area contributed by atoms with E-state index in [1.165, 1.54) is 0 Å². The summed E-state index contributed by atoms with van der Waals surface area (Å²) in [5, 5.41) is 5.62. The maximum absolute atomic E-state index is 12.2. The van der Waals surface area contributed by atoms with Crippen LogP contribution < -0.4 is 20.1 Å². The number of benzene rings is 2. The van der Waals surface area contributed by atoms with Gasteiger partial charge in [-0.3, -0.25) is 0 Å². The van der Waals surface area contributed by atoms with Gasteiger partial charge in [0.1, 0.15) is 17.1 Å². The SMILES string of the molecule is CCOCC1(C)C=Cc2cc(NC(=O)Nc3ccc(OC)cc3)ccc2O1. The third-order valence-corrected chi connectivity index (χ3v) is 4.17. The lowest BCUT2D eigenvalue weighted by atomic mass is 10.0. The van der Waals surface area contributed by atoms with E-state index in [0.717, 1.165) is 17.1 Å². The van der Waals surface area contributed by atoms with Crippen molar-refractivity contribution >= 4 is 23.5 Å². The topological polar surface area (TPSA) is 68.8 Å². The van der Waals surface area contributed by atoms with Crippen molar-refractivity contribution in [1.82, 2.24) is 0 Å². The first kappa shape index (κ1) is 18.8. The number of rotatable bonds is 6. The minimum Gasteiger partial charge on any atom is -0.497 e. The zero-order valence-electron chi connectivity index (χ0n) is 15.7. The molecule has 2 amide bonds. The largest absolute Gasteiger partial charge is 0.497 e. The molecule has 0 radical (unpaired) electrons. The Balaban J connectivity index is 1.63. The van der Waals surface area contributed by atoms with E-state index in [0.29, 0.717) is 24.6 Å². The summed E-state index contributed by atoms with van der Waals surface area (Å²) >= 11 is 0. The number of anilines is 2. The van der Waals surface area contributed by atoms with Crippen LogP contribution >= 0.6 is 0 Å².